The Balaban J connectivity index is 1.73. The normalized spacial score (nSPS) is 22.9. The topological polar surface area (TPSA) is 91.8 Å². The summed E-state index contributed by atoms with van der Waals surface area (Å²) in [4.78, 5) is 39.6. The lowest BCUT2D eigenvalue weighted by molar-refractivity contribution is -0.137. The van der Waals surface area contributed by atoms with Crippen LogP contribution in [0.2, 0.25) is 0 Å². The standard InChI is InChI=1S/C18H19FN2O5S2/c1-2-20(13-7-8-28(25,26)11-13)16(22)10-21-17(23)15(27-18(21)24)9-12-5-3-4-6-14(12)19/h3-6,9,13H,2,7-8,10-11H2,1H3/b15-9-/t13-/m0/s1. The molecule has 1 aromatic rings. The first-order valence-corrected chi connectivity index (χ1v) is 11.4. The first-order chi connectivity index (χ1) is 13.2. The molecule has 2 saturated heterocycles. The summed E-state index contributed by atoms with van der Waals surface area (Å²) in [7, 11) is -3.17. The summed E-state index contributed by atoms with van der Waals surface area (Å²) in [5, 5.41) is -0.615. The van der Waals surface area contributed by atoms with Crippen LogP contribution in [0.15, 0.2) is 29.2 Å². The van der Waals surface area contributed by atoms with Crippen molar-refractivity contribution < 1.29 is 27.2 Å². The van der Waals surface area contributed by atoms with Gasteiger partial charge in [0, 0.05) is 18.2 Å². The Morgan fingerprint density at radius 1 is 1.36 bits per heavy atom. The Hall–Kier alpha value is -2.20. The molecule has 0 saturated carbocycles. The number of nitrogens with zero attached hydrogens (tertiary/aromatic N) is 2. The zero-order valence-electron chi connectivity index (χ0n) is 15.1. The lowest BCUT2D eigenvalue weighted by Gasteiger charge is -2.28. The van der Waals surface area contributed by atoms with Gasteiger partial charge in [-0.1, -0.05) is 18.2 Å². The van der Waals surface area contributed by atoms with Crippen molar-refractivity contribution in [1.29, 1.82) is 0 Å². The quantitative estimate of drug-likeness (QED) is 0.668. The molecule has 2 aliphatic heterocycles. The van der Waals surface area contributed by atoms with Gasteiger partial charge in [0.2, 0.25) is 5.91 Å². The summed E-state index contributed by atoms with van der Waals surface area (Å²) < 4.78 is 37.1. The number of hydrogen-bond acceptors (Lipinski definition) is 6. The van der Waals surface area contributed by atoms with Gasteiger partial charge >= 0.3 is 0 Å². The number of rotatable bonds is 5. The van der Waals surface area contributed by atoms with E-state index >= 15 is 0 Å². The zero-order valence-corrected chi connectivity index (χ0v) is 16.8. The summed E-state index contributed by atoms with van der Waals surface area (Å²) in [6, 6.07) is 5.40. The molecule has 0 aromatic heterocycles. The van der Waals surface area contributed by atoms with Crippen molar-refractivity contribution >= 4 is 44.7 Å². The minimum atomic E-state index is -3.17. The Labute approximate surface area is 166 Å². The Morgan fingerprint density at radius 2 is 2.07 bits per heavy atom. The third kappa shape index (κ3) is 4.27. The lowest BCUT2D eigenvalue weighted by atomic mass is 10.2. The fraction of sp³-hybridized carbons (Fsp3) is 0.389. The maximum Gasteiger partial charge on any atom is 0.294 e. The summed E-state index contributed by atoms with van der Waals surface area (Å²) in [5.74, 6) is -1.76. The molecule has 0 radical (unpaired) electrons. The molecule has 2 aliphatic rings. The molecular weight excluding hydrogens is 407 g/mol. The van der Waals surface area contributed by atoms with Crippen LogP contribution in [0.4, 0.5) is 9.18 Å². The molecule has 1 aromatic carbocycles. The molecule has 28 heavy (non-hydrogen) atoms. The number of likely N-dealkylation sites (N-methyl/N-ethyl adjacent to an activating group) is 1. The van der Waals surface area contributed by atoms with E-state index in [0.717, 1.165) is 4.90 Å². The van der Waals surface area contributed by atoms with E-state index in [0.29, 0.717) is 18.2 Å². The van der Waals surface area contributed by atoms with E-state index < -0.39 is 45.3 Å². The van der Waals surface area contributed by atoms with E-state index in [9.17, 15) is 27.2 Å². The average Bonchev–Trinajstić information content (AvgIpc) is 3.11. The van der Waals surface area contributed by atoms with Crippen molar-refractivity contribution in [2.45, 2.75) is 19.4 Å². The third-order valence-corrected chi connectivity index (χ3v) is 7.33. The number of thioether (sulfide) groups is 1. The molecule has 3 amide bonds. The molecule has 3 rings (SSSR count). The molecule has 0 N–H and O–H groups in total. The summed E-state index contributed by atoms with van der Waals surface area (Å²) in [6.07, 6.45) is 1.63. The first-order valence-electron chi connectivity index (χ1n) is 8.71. The highest BCUT2D eigenvalue weighted by atomic mass is 32.2. The van der Waals surface area contributed by atoms with Crippen LogP contribution >= 0.6 is 11.8 Å². The molecule has 0 aliphatic carbocycles. The fourth-order valence-corrected chi connectivity index (χ4v) is 5.82. The SMILES string of the molecule is CCN(C(=O)CN1C(=O)S/C(=C\c2ccccc2F)C1=O)[C@H]1CCS(=O)(=O)C1. The zero-order chi connectivity index (χ0) is 20.5. The van der Waals surface area contributed by atoms with Crippen LogP contribution in [0.3, 0.4) is 0 Å². The van der Waals surface area contributed by atoms with Crippen LogP contribution in [-0.4, -0.2) is 65.9 Å². The number of halogens is 1. The molecule has 2 fully saturated rings. The van der Waals surface area contributed by atoms with Gasteiger partial charge in [0.25, 0.3) is 11.1 Å². The van der Waals surface area contributed by atoms with Gasteiger partial charge in [0.15, 0.2) is 9.84 Å². The van der Waals surface area contributed by atoms with E-state index in [1.807, 2.05) is 0 Å². The molecule has 7 nitrogen and oxygen atoms in total. The minimum Gasteiger partial charge on any atom is -0.337 e. The first kappa shape index (κ1) is 20.5. The van der Waals surface area contributed by atoms with Crippen LogP contribution in [0, 0.1) is 5.82 Å². The van der Waals surface area contributed by atoms with Crippen LogP contribution in [-0.2, 0) is 19.4 Å². The second-order valence-electron chi connectivity index (χ2n) is 6.53. The largest absolute Gasteiger partial charge is 0.337 e. The van der Waals surface area contributed by atoms with Gasteiger partial charge in [-0.2, -0.15) is 0 Å². The van der Waals surface area contributed by atoms with Crippen LogP contribution in [0.25, 0.3) is 6.08 Å². The molecule has 0 spiro atoms. The van der Waals surface area contributed by atoms with Crippen molar-refractivity contribution in [2.75, 3.05) is 24.6 Å². The maximum atomic E-state index is 13.8. The highest BCUT2D eigenvalue weighted by Gasteiger charge is 2.39. The number of benzene rings is 1. The van der Waals surface area contributed by atoms with Crippen LogP contribution < -0.4 is 0 Å². The van der Waals surface area contributed by atoms with Gasteiger partial charge in [-0.3, -0.25) is 19.3 Å². The highest BCUT2D eigenvalue weighted by Crippen LogP contribution is 2.32. The lowest BCUT2D eigenvalue weighted by Crippen LogP contribution is -2.47. The monoisotopic (exact) mass is 426 g/mol. The predicted octanol–water partition coefficient (Wildman–Crippen LogP) is 1.90. The molecule has 150 valence electrons. The van der Waals surface area contributed by atoms with Crippen molar-refractivity contribution in [1.82, 2.24) is 9.80 Å². The van der Waals surface area contributed by atoms with Crippen LogP contribution in [0.1, 0.15) is 18.9 Å². The molecule has 1 atom stereocenters. The van der Waals surface area contributed by atoms with E-state index in [1.54, 1.807) is 13.0 Å². The van der Waals surface area contributed by atoms with Crippen molar-refractivity contribution in [3.8, 4) is 0 Å². The number of imide groups is 1. The number of carbonyl (C=O) groups excluding carboxylic acids is 3. The van der Waals surface area contributed by atoms with E-state index in [4.69, 9.17) is 0 Å². The van der Waals surface area contributed by atoms with Crippen molar-refractivity contribution in [3.05, 3.63) is 40.6 Å². The third-order valence-electron chi connectivity index (χ3n) is 4.67. The molecule has 2 heterocycles. The molecule has 10 heteroatoms. The predicted molar refractivity (Wildman–Crippen MR) is 104 cm³/mol. The smallest absolute Gasteiger partial charge is 0.294 e. The van der Waals surface area contributed by atoms with Gasteiger partial charge in [-0.05, 0) is 37.2 Å². The van der Waals surface area contributed by atoms with Gasteiger partial charge in [-0.25, -0.2) is 12.8 Å². The average molecular weight is 426 g/mol. The van der Waals surface area contributed by atoms with Crippen molar-refractivity contribution in [2.24, 2.45) is 0 Å². The van der Waals surface area contributed by atoms with E-state index in [-0.39, 0.29) is 28.5 Å². The second kappa shape index (κ2) is 8.04. The summed E-state index contributed by atoms with van der Waals surface area (Å²) >= 11 is 0.644. The van der Waals surface area contributed by atoms with Crippen LogP contribution in [0.5, 0.6) is 0 Å². The second-order valence-corrected chi connectivity index (χ2v) is 9.75. The van der Waals surface area contributed by atoms with Gasteiger partial charge in [0.1, 0.15) is 12.4 Å². The van der Waals surface area contributed by atoms with Gasteiger partial charge in [0.05, 0.1) is 16.4 Å². The molecular formula is C18H19FN2O5S2. The van der Waals surface area contributed by atoms with Gasteiger partial charge < -0.3 is 4.90 Å². The maximum absolute atomic E-state index is 13.8. The number of sulfone groups is 1. The summed E-state index contributed by atoms with van der Waals surface area (Å²) in [6.45, 7) is 1.53. The minimum absolute atomic E-state index is 0.0222. The highest BCUT2D eigenvalue weighted by molar-refractivity contribution is 8.18. The Morgan fingerprint density at radius 3 is 2.68 bits per heavy atom. The number of carbonyl (C=O) groups is 3. The summed E-state index contributed by atoms with van der Waals surface area (Å²) in [5.41, 5.74) is 0.172. The molecule has 0 bridgehead atoms. The fourth-order valence-electron chi connectivity index (χ4n) is 3.26. The van der Waals surface area contributed by atoms with Gasteiger partial charge in [-0.15, -0.1) is 0 Å². The Bertz CT molecular complexity index is 960. The number of hydrogen-bond donors (Lipinski definition) is 0. The molecule has 0 unspecified atom stereocenters. The van der Waals surface area contributed by atoms with E-state index in [2.05, 4.69) is 0 Å². The van der Waals surface area contributed by atoms with E-state index in [1.165, 1.54) is 29.2 Å². The Kier molecular flexibility index (Phi) is 5.90. The number of amides is 3. The van der Waals surface area contributed by atoms with Crippen molar-refractivity contribution in [3.63, 3.8) is 0 Å².